The van der Waals surface area contributed by atoms with Crippen molar-refractivity contribution < 1.29 is 20.4 Å². The third-order valence-electron chi connectivity index (χ3n) is 9.67. The molecule has 0 aromatic carbocycles. The Morgan fingerprint density at radius 3 is 2.39 bits per heavy atom. The van der Waals surface area contributed by atoms with Gasteiger partial charge in [0.2, 0.25) is 0 Å². The zero-order valence-electron chi connectivity index (χ0n) is 17.5. The number of rotatable bonds is 4. The van der Waals surface area contributed by atoms with Gasteiger partial charge in [-0.05, 0) is 86.0 Å². The van der Waals surface area contributed by atoms with Gasteiger partial charge in [0.25, 0.3) is 0 Å². The van der Waals surface area contributed by atoms with Crippen molar-refractivity contribution in [2.45, 2.75) is 76.9 Å². The average Bonchev–Trinajstić information content (AvgIpc) is 3.31. The van der Waals surface area contributed by atoms with Gasteiger partial charge in [-0.3, -0.25) is 0 Å². The minimum atomic E-state index is -0.764. The van der Waals surface area contributed by atoms with E-state index in [0.717, 1.165) is 50.5 Å². The maximum Gasteiger partial charge on any atom is 0.0918 e. The molecule has 0 aliphatic heterocycles. The van der Waals surface area contributed by atoms with Gasteiger partial charge in [-0.15, -0.1) is 0 Å². The van der Waals surface area contributed by atoms with Crippen molar-refractivity contribution in [1.29, 1.82) is 0 Å². The molecule has 0 aromatic heterocycles. The second kappa shape index (κ2) is 7.23. The molecule has 0 saturated heterocycles. The summed E-state index contributed by atoms with van der Waals surface area (Å²) in [5, 5.41) is 42.5. The van der Waals surface area contributed by atoms with E-state index in [1.165, 1.54) is 0 Å². The lowest BCUT2D eigenvalue weighted by Crippen LogP contribution is -2.56. The van der Waals surface area contributed by atoms with E-state index in [4.69, 9.17) is 0 Å². The van der Waals surface area contributed by atoms with E-state index >= 15 is 0 Å². The fourth-order valence-corrected chi connectivity index (χ4v) is 7.83. The van der Waals surface area contributed by atoms with Gasteiger partial charge in [0.1, 0.15) is 0 Å². The van der Waals surface area contributed by atoms with Gasteiger partial charge < -0.3 is 20.4 Å². The number of aliphatic hydroxyl groups excluding tert-OH is 3. The van der Waals surface area contributed by atoms with E-state index in [1.807, 2.05) is 0 Å². The smallest absolute Gasteiger partial charge is 0.0918 e. The van der Waals surface area contributed by atoms with Crippen molar-refractivity contribution in [1.82, 2.24) is 0 Å². The first kappa shape index (κ1) is 20.6. The van der Waals surface area contributed by atoms with Crippen LogP contribution in [0, 0.1) is 34.5 Å². The van der Waals surface area contributed by atoms with Crippen molar-refractivity contribution in [3.05, 3.63) is 23.8 Å². The van der Waals surface area contributed by atoms with Crippen molar-refractivity contribution in [2.24, 2.45) is 34.5 Å². The molecule has 0 amide bonds. The van der Waals surface area contributed by atoms with Crippen LogP contribution in [0.3, 0.4) is 0 Å². The van der Waals surface area contributed by atoms with Crippen LogP contribution in [0.25, 0.3) is 0 Å². The molecule has 3 saturated carbocycles. The Labute approximate surface area is 169 Å². The van der Waals surface area contributed by atoms with Crippen LogP contribution < -0.4 is 0 Å². The zero-order valence-corrected chi connectivity index (χ0v) is 17.5. The molecule has 0 spiro atoms. The molecule has 0 heterocycles. The van der Waals surface area contributed by atoms with Crippen molar-refractivity contribution in [3.63, 3.8) is 0 Å². The molecule has 4 aliphatic rings. The summed E-state index contributed by atoms with van der Waals surface area (Å²) < 4.78 is 0. The minimum Gasteiger partial charge on any atom is -0.396 e. The first-order valence-electron chi connectivity index (χ1n) is 11.3. The van der Waals surface area contributed by atoms with Gasteiger partial charge in [0.15, 0.2) is 0 Å². The molecule has 0 bridgehead atoms. The summed E-state index contributed by atoms with van der Waals surface area (Å²) in [6, 6.07) is 0. The van der Waals surface area contributed by atoms with Gasteiger partial charge in [0.05, 0.1) is 11.7 Å². The number of allylic oxidation sites excluding steroid dienone is 3. The Bertz CT molecular complexity index is 657. The summed E-state index contributed by atoms with van der Waals surface area (Å²) in [6.07, 6.45) is 12.8. The van der Waals surface area contributed by atoms with Crippen LogP contribution in [-0.4, -0.2) is 45.3 Å². The lowest BCUT2D eigenvalue weighted by atomic mass is 9.48. The first-order chi connectivity index (χ1) is 13.3. The fourth-order valence-electron chi connectivity index (χ4n) is 7.83. The molecule has 0 aromatic rings. The molecule has 4 nitrogen and oxygen atoms in total. The van der Waals surface area contributed by atoms with Crippen LogP contribution >= 0.6 is 0 Å². The van der Waals surface area contributed by atoms with Crippen LogP contribution in [0.5, 0.6) is 0 Å². The molecule has 4 heteroatoms. The maximum absolute atomic E-state index is 11.8. The molecule has 3 fully saturated rings. The molecule has 4 aliphatic carbocycles. The van der Waals surface area contributed by atoms with Crippen LogP contribution in [0.4, 0.5) is 0 Å². The Kier molecular flexibility index (Phi) is 5.31. The highest BCUT2D eigenvalue weighted by Gasteiger charge is 2.64. The SMILES string of the molecule is C[C@]1([C@H]2CC[C@@]3(C)[C@@H](CC[C@@]3(O)C3=CC=CC3)[C@@H]2CO)CC[C@H](O)C[C@@H]1CO. The van der Waals surface area contributed by atoms with Crippen LogP contribution in [-0.2, 0) is 0 Å². The Morgan fingerprint density at radius 2 is 1.75 bits per heavy atom. The summed E-state index contributed by atoms with van der Waals surface area (Å²) in [7, 11) is 0. The van der Waals surface area contributed by atoms with Crippen LogP contribution in [0.15, 0.2) is 23.8 Å². The van der Waals surface area contributed by atoms with Crippen LogP contribution in [0.1, 0.15) is 65.2 Å². The Balaban J connectivity index is 1.64. The maximum atomic E-state index is 11.8. The Hall–Kier alpha value is -0.680. The second-order valence-electron chi connectivity index (χ2n) is 10.6. The largest absolute Gasteiger partial charge is 0.396 e. The summed E-state index contributed by atoms with van der Waals surface area (Å²) >= 11 is 0. The molecule has 158 valence electrons. The lowest BCUT2D eigenvalue weighted by Gasteiger charge is -2.58. The number of hydrogen-bond acceptors (Lipinski definition) is 4. The van der Waals surface area contributed by atoms with E-state index in [-0.39, 0.29) is 42.0 Å². The molecular weight excluding hydrogens is 352 g/mol. The summed E-state index contributed by atoms with van der Waals surface area (Å²) in [5.74, 6) is 0.864. The van der Waals surface area contributed by atoms with Gasteiger partial charge in [-0.25, -0.2) is 0 Å². The van der Waals surface area contributed by atoms with E-state index in [9.17, 15) is 20.4 Å². The summed E-state index contributed by atoms with van der Waals surface area (Å²) in [5.41, 5.74) is 0.124. The standard InChI is InChI=1S/C24H38O4/c1-22(10-7-18(27)13-17(22)14-25)20-8-11-23(2)21(19(20)15-26)9-12-24(23,28)16-5-3-4-6-16/h3-5,17-21,25-28H,6-15H2,1-2H3/t17-,18+,19-,20+,21+,22+,23+,24-/m1/s1. The van der Waals surface area contributed by atoms with Gasteiger partial charge in [-0.2, -0.15) is 0 Å². The van der Waals surface area contributed by atoms with Crippen LogP contribution in [0.2, 0.25) is 0 Å². The topological polar surface area (TPSA) is 80.9 Å². The zero-order chi connectivity index (χ0) is 20.2. The van der Waals surface area contributed by atoms with E-state index < -0.39 is 5.60 Å². The van der Waals surface area contributed by atoms with Crippen molar-refractivity contribution in [3.8, 4) is 0 Å². The normalized spacial score (nSPS) is 51.2. The lowest BCUT2D eigenvalue weighted by molar-refractivity contribution is -0.139. The highest BCUT2D eigenvalue weighted by atomic mass is 16.3. The summed E-state index contributed by atoms with van der Waals surface area (Å²) in [6.45, 7) is 4.78. The second-order valence-corrected chi connectivity index (χ2v) is 10.6. The van der Waals surface area contributed by atoms with Gasteiger partial charge in [0, 0.05) is 18.6 Å². The highest BCUT2D eigenvalue weighted by Crippen LogP contribution is 2.66. The van der Waals surface area contributed by atoms with Gasteiger partial charge >= 0.3 is 0 Å². The number of hydrogen-bond donors (Lipinski definition) is 4. The Morgan fingerprint density at radius 1 is 1.00 bits per heavy atom. The predicted octanol–water partition coefficient (Wildman–Crippen LogP) is 3.20. The van der Waals surface area contributed by atoms with Crippen molar-refractivity contribution >= 4 is 0 Å². The van der Waals surface area contributed by atoms with E-state index in [2.05, 4.69) is 32.1 Å². The highest BCUT2D eigenvalue weighted by molar-refractivity contribution is 5.35. The summed E-state index contributed by atoms with van der Waals surface area (Å²) in [4.78, 5) is 0. The quantitative estimate of drug-likeness (QED) is 0.594. The minimum absolute atomic E-state index is 0.0579. The molecule has 4 N–H and O–H groups in total. The molecule has 0 radical (unpaired) electrons. The van der Waals surface area contributed by atoms with Crippen molar-refractivity contribution in [2.75, 3.05) is 13.2 Å². The average molecular weight is 391 g/mol. The third kappa shape index (κ3) is 2.79. The number of aliphatic hydroxyl groups is 4. The van der Waals surface area contributed by atoms with Gasteiger partial charge in [-0.1, -0.05) is 32.1 Å². The van der Waals surface area contributed by atoms with E-state index in [0.29, 0.717) is 18.3 Å². The molecular formula is C24H38O4. The monoisotopic (exact) mass is 390 g/mol. The fraction of sp³-hybridized carbons (Fsp3) is 0.833. The first-order valence-corrected chi connectivity index (χ1v) is 11.3. The van der Waals surface area contributed by atoms with E-state index in [1.54, 1.807) is 0 Å². The predicted molar refractivity (Wildman–Crippen MR) is 109 cm³/mol. The molecule has 4 rings (SSSR count). The molecule has 28 heavy (non-hydrogen) atoms. The number of fused-ring (bicyclic) bond motifs is 1. The third-order valence-corrected chi connectivity index (χ3v) is 9.67. The molecule has 8 atom stereocenters. The molecule has 0 unspecified atom stereocenters.